The number of aromatic nitrogens is 2. The zero-order valence-electron chi connectivity index (χ0n) is 10.9. The Bertz CT molecular complexity index is 459. The molecule has 1 heterocycles. The minimum Gasteiger partial charge on any atom is -0.478 e. The lowest BCUT2D eigenvalue weighted by molar-refractivity contribution is 0.0519. The summed E-state index contributed by atoms with van der Waals surface area (Å²) in [6, 6.07) is 0. The summed E-state index contributed by atoms with van der Waals surface area (Å²) in [5, 5.41) is 15.3. The van der Waals surface area contributed by atoms with Crippen LogP contribution in [0.5, 0.6) is 0 Å². The number of nitrogens with zero attached hydrogens (tertiary/aromatic N) is 2. The van der Waals surface area contributed by atoms with Gasteiger partial charge in [0.25, 0.3) is 0 Å². The number of aromatic carboxylic acids is 1. The summed E-state index contributed by atoms with van der Waals surface area (Å²) >= 11 is 0. The molecule has 100 valence electrons. The van der Waals surface area contributed by atoms with Gasteiger partial charge in [-0.25, -0.2) is 9.59 Å². The van der Waals surface area contributed by atoms with Gasteiger partial charge in [-0.15, -0.1) is 0 Å². The number of aryl methyl sites for hydroxylation is 1. The van der Waals surface area contributed by atoms with Crippen LogP contribution in [0.3, 0.4) is 0 Å². The fourth-order valence-electron chi connectivity index (χ4n) is 1.32. The number of rotatable bonds is 3. The first kappa shape index (κ1) is 14.0. The summed E-state index contributed by atoms with van der Waals surface area (Å²) in [6.07, 6.45) is 0.647. The molecule has 0 aliphatic carbocycles. The van der Waals surface area contributed by atoms with Crippen LogP contribution in [0, 0.1) is 0 Å². The van der Waals surface area contributed by atoms with Gasteiger partial charge in [0, 0.05) is 7.05 Å². The minimum atomic E-state index is -1.08. The lowest BCUT2D eigenvalue weighted by Gasteiger charge is -2.19. The summed E-state index contributed by atoms with van der Waals surface area (Å²) in [7, 11) is 1.61. The summed E-state index contributed by atoms with van der Waals surface area (Å²) in [5.74, 6) is -1.08. The van der Waals surface area contributed by atoms with Gasteiger partial charge in [0.15, 0.2) is 0 Å². The molecule has 0 atom stereocenters. The Hall–Kier alpha value is -2.05. The number of amides is 1. The van der Waals surface area contributed by atoms with Gasteiger partial charge < -0.3 is 15.2 Å². The molecule has 0 aliphatic heterocycles. The SMILES string of the molecule is Cn1ncc(C(=O)O)c1CNC(=O)OC(C)(C)C. The van der Waals surface area contributed by atoms with Crippen molar-refractivity contribution in [2.45, 2.75) is 32.9 Å². The number of ether oxygens (including phenoxy) is 1. The largest absolute Gasteiger partial charge is 0.478 e. The average molecular weight is 255 g/mol. The molecule has 0 saturated heterocycles. The van der Waals surface area contributed by atoms with Crippen LogP contribution in [0.4, 0.5) is 4.79 Å². The van der Waals surface area contributed by atoms with E-state index < -0.39 is 17.7 Å². The second kappa shape index (κ2) is 5.07. The van der Waals surface area contributed by atoms with Crippen LogP contribution in [-0.4, -0.2) is 32.6 Å². The summed E-state index contributed by atoms with van der Waals surface area (Å²) in [4.78, 5) is 22.3. The molecular weight excluding hydrogens is 238 g/mol. The van der Waals surface area contributed by atoms with Crippen LogP contribution in [0.1, 0.15) is 36.8 Å². The van der Waals surface area contributed by atoms with Crippen LogP contribution in [0.25, 0.3) is 0 Å². The molecule has 1 amide bonds. The topological polar surface area (TPSA) is 93.5 Å². The number of carbonyl (C=O) groups excluding carboxylic acids is 1. The Kier molecular flexibility index (Phi) is 3.95. The van der Waals surface area contributed by atoms with Gasteiger partial charge in [-0.2, -0.15) is 5.10 Å². The fourth-order valence-corrected chi connectivity index (χ4v) is 1.32. The van der Waals surface area contributed by atoms with Crippen molar-refractivity contribution in [3.8, 4) is 0 Å². The average Bonchev–Trinajstić information content (AvgIpc) is 2.54. The van der Waals surface area contributed by atoms with Crippen molar-refractivity contribution >= 4 is 12.1 Å². The second-order valence-electron chi connectivity index (χ2n) is 4.79. The molecule has 1 aromatic rings. The van der Waals surface area contributed by atoms with E-state index in [0.29, 0.717) is 5.69 Å². The smallest absolute Gasteiger partial charge is 0.407 e. The number of nitrogens with one attached hydrogen (secondary N) is 1. The summed E-state index contributed by atoms with van der Waals surface area (Å²) in [6.45, 7) is 5.30. The standard InChI is InChI=1S/C11H17N3O4/c1-11(2,3)18-10(17)12-6-8-7(9(15)16)5-13-14(8)4/h5H,6H2,1-4H3,(H,12,17)(H,15,16). The van der Waals surface area contributed by atoms with Crippen molar-refractivity contribution in [3.63, 3.8) is 0 Å². The Morgan fingerprint density at radius 1 is 1.50 bits per heavy atom. The molecule has 0 bridgehead atoms. The van der Waals surface area contributed by atoms with E-state index in [4.69, 9.17) is 9.84 Å². The highest BCUT2D eigenvalue weighted by Gasteiger charge is 2.18. The van der Waals surface area contributed by atoms with Crippen molar-refractivity contribution in [3.05, 3.63) is 17.5 Å². The third-order valence-electron chi connectivity index (χ3n) is 2.09. The number of carboxylic acid groups (broad SMARTS) is 1. The molecule has 7 nitrogen and oxygen atoms in total. The molecule has 0 saturated carbocycles. The molecule has 0 unspecified atom stereocenters. The monoisotopic (exact) mass is 255 g/mol. The molecule has 1 aromatic heterocycles. The van der Waals surface area contributed by atoms with Gasteiger partial charge in [0.05, 0.1) is 18.4 Å². The summed E-state index contributed by atoms with van der Waals surface area (Å²) in [5.41, 5.74) is -0.117. The van der Waals surface area contributed by atoms with E-state index in [-0.39, 0.29) is 12.1 Å². The second-order valence-corrected chi connectivity index (χ2v) is 4.79. The molecule has 0 fully saturated rings. The lowest BCUT2D eigenvalue weighted by Crippen LogP contribution is -2.32. The Morgan fingerprint density at radius 2 is 2.11 bits per heavy atom. The van der Waals surface area contributed by atoms with Crippen LogP contribution in [0.15, 0.2) is 6.20 Å². The van der Waals surface area contributed by atoms with Gasteiger partial charge in [-0.1, -0.05) is 0 Å². The maximum Gasteiger partial charge on any atom is 0.407 e. The first-order chi connectivity index (χ1) is 8.20. The molecule has 0 spiro atoms. The van der Waals surface area contributed by atoms with Crippen LogP contribution in [0.2, 0.25) is 0 Å². The Balaban J connectivity index is 2.67. The third kappa shape index (κ3) is 3.76. The first-order valence-electron chi connectivity index (χ1n) is 5.41. The molecule has 0 radical (unpaired) electrons. The van der Waals surface area contributed by atoms with E-state index in [0.717, 1.165) is 0 Å². The quantitative estimate of drug-likeness (QED) is 0.844. The minimum absolute atomic E-state index is 0.0487. The zero-order valence-corrected chi connectivity index (χ0v) is 10.9. The molecule has 7 heteroatoms. The van der Waals surface area contributed by atoms with Crippen molar-refractivity contribution in [1.29, 1.82) is 0 Å². The highest BCUT2D eigenvalue weighted by molar-refractivity contribution is 5.88. The van der Waals surface area contributed by atoms with E-state index in [1.165, 1.54) is 10.9 Å². The van der Waals surface area contributed by atoms with Gasteiger partial charge in [0.1, 0.15) is 11.2 Å². The van der Waals surface area contributed by atoms with Crippen molar-refractivity contribution in [1.82, 2.24) is 15.1 Å². The molecular formula is C11H17N3O4. The maximum atomic E-state index is 11.4. The van der Waals surface area contributed by atoms with E-state index >= 15 is 0 Å². The van der Waals surface area contributed by atoms with Gasteiger partial charge in [-0.05, 0) is 20.8 Å². The fraction of sp³-hybridized carbons (Fsp3) is 0.545. The molecule has 0 aromatic carbocycles. The zero-order chi connectivity index (χ0) is 13.9. The van der Waals surface area contributed by atoms with E-state index in [9.17, 15) is 9.59 Å². The predicted octanol–water partition coefficient (Wildman–Crippen LogP) is 1.14. The molecule has 1 rings (SSSR count). The Morgan fingerprint density at radius 3 is 2.61 bits per heavy atom. The number of hydrogen-bond acceptors (Lipinski definition) is 4. The normalized spacial score (nSPS) is 11.1. The predicted molar refractivity (Wildman–Crippen MR) is 63.2 cm³/mol. The van der Waals surface area contributed by atoms with E-state index in [2.05, 4.69) is 10.4 Å². The first-order valence-corrected chi connectivity index (χ1v) is 5.41. The number of carbonyl (C=O) groups is 2. The van der Waals surface area contributed by atoms with Gasteiger partial charge in [-0.3, -0.25) is 4.68 Å². The summed E-state index contributed by atoms with van der Waals surface area (Å²) < 4.78 is 6.45. The van der Waals surface area contributed by atoms with Gasteiger partial charge in [0.2, 0.25) is 0 Å². The van der Waals surface area contributed by atoms with Crippen LogP contribution in [-0.2, 0) is 18.3 Å². The van der Waals surface area contributed by atoms with Crippen LogP contribution < -0.4 is 5.32 Å². The molecule has 0 aliphatic rings. The highest BCUT2D eigenvalue weighted by Crippen LogP contribution is 2.09. The third-order valence-corrected chi connectivity index (χ3v) is 2.09. The maximum absolute atomic E-state index is 11.4. The Labute approximate surface area is 105 Å². The van der Waals surface area contributed by atoms with Crippen LogP contribution >= 0.6 is 0 Å². The van der Waals surface area contributed by atoms with Crippen molar-refractivity contribution in [2.75, 3.05) is 0 Å². The van der Waals surface area contributed by atoms with E-state index in [1.807, 2.05) is 0 Å². The van der Waals surface area contributed by atoms with Crippen molar-refractivity contribution in [2.24, 2.45) is 7.05 Å². The number of carboxylic acids is 1. The molecule has 18 heavy (non-hydrogen) atoms. The van der Waals surface area contributed by atoms with Crippen molar-refractivity contribution < 1.29 is 19.4 Å². The van der Waals surface area contributed by atoms with Gasteiger partial charge >= 0.3 is 12.1 Å². The highest BCUT2D eigenvalue weighted by atomic mass is 16.6. The lowest BCUT2D eigenvalue weighted by atomic mass is 10.2. The number of hydrogen-bond donors (Lipinski definition) is 2. The number of alkyl carbamates (subject to hydrolysis) is 1. The van der Waals surface area contributed by atoms with E-state index in [1.54, 1.807) is 27.8 Å². The molecule has 2 N–H and O–H groups in total.